The molecule has 0 aliphatic carbocycles. The van der Waals surface area contributed by atoms with Crippen molar-refractivity contribution in [2.24, 2.45) is 0 Å². The zero-order chi connectivity index (χ0) is 8.04. The van der Waals surface area contributed by atoms with Gasteiger partial charge in [0.25, 0.3) is 0 Å². The van der Waals surface area contributed by atoms with E-state index in [2.05, 4.69) is 4.52 Å². The highest BCUT2D eigenvalue weighted by Gasteiger charge is 2.15. The summed E-state index contributed by atoms with van der Waals surface area (Å²) in [5.41, 5.74) is 0. The Labute approximate surface area is 59.9 Å². The van der Waals surface area contributed by atoms with Gasteiger partial charge >= 0.3 is 7.91 Å². The molecule has 3 nitrogen and oxygen atoms in total. The molecule has 0 aromatic heterocycles. The Morgan fingerprint density at radius 2 is 2.20 bits per heavy atom. The monoisotopic (exact) mass is 170 g/mol. The predicted molar refractivity (Wildman–Crippen MR) is 36.4 cm³/mol. The molecule has 0 saturated heterocycles. The van der Waals surface area contributed by atoms with Crippen LogP contribution in [-0.2, 0) is 9.09 Å². The normalized spacial score (nSPS) is 16.7. The maximum atomic E-state index is 11.7. The molecule has 0 amide bonds. The molecule has 10 heavy (non-hydrogen) atoms. The number of rotatable bonds is 5. The van der Waals surface area contributed by atoms with Crippen LogP contribution < -0.4 is 0 Å². The molecule has 0 aliphatic rings. The number of unbranched alkanes of at least 4 members (excludes halogenated alkanes) is 2. The van der Waals surface area contributed by atoms with Crippen molar-refractivity contribution in [2.75, 3.05) is 6.61 Å². The molecule has 0 aromatic rings. The molecular weight excluding hydrogens is 158 g/mol. The van der Waals surface area contributed by atoms with E-state index in [-0.39, 0.29) is 6.61 Å². The Kier molecular flexibility index (Phi) is 4.87. The highest BCUT2D eigenvalue weighted by atomic mass is 31.2. The molecule has 1 atom stereocenters. The van der Waals surface area contributed by atoms with Gasteiger partial charge in [0.05, 0.1) is 6.61 Å². The lowest BCUT2D eigenvalue weighted by atomic mass is 10.3. The minimum Gasteiger partial charge on any atom is -0.299 e. The average molecular weight is 170 g/mol. The number of halogens is 1. The second kappa shape index (κ2) is 4.83. The third-order valence-corrected chi connectivity index (χ3v) is 1.50. The highest BCUT2D eigenvalue weighted by Crippen LogP contribution is 2.43. The van der Waals surface area contributed by atoms with Crippen molar-refractivity contribution in [3.8, 4) is 0 Å². The minimum atomic E-state index is -4.71. The van der Waals surface area contributed by atoms with Gasteiger partial charge in [-0.05, 0) is 6.42 Å². The van der Waals surface area contributed by atoms with E-state index in [9.17, 15) is 8.76 Å². The fourth-order valence-electron chi connectivity index (χ4n) is 0.529. The molecule has 0 saturated carbocycles. The van der Waals surface area contributed by atoms with Gasteiger partial charge < -0.3 is 0 Å². The van der Waals surface area contributed by atoms with Gasteiger partial charge in [0.2, 0.25) is 0 Å². The predicted octanol–water partition coefficient (Wildman–Crippen LogP) is 2.26. The van der Waals surface area contributed by atoms with E-state index in [4.69, 9.17) is 4.89 Å². The zero-order valence-corrected chi connectivity index (χ0v) is 6.81. The molecule has 1 N–H and O–H groups in total. The Morgan fingerprint density at radius 3 is 2.60 bits per heavy atom. The van der Waals surface area contributed by atoms with Crippen molar-refractivity contribution >= 4 is 7.91 Å². The van der Waals surface area contributed by atoms with Crippen molar-refractivity contribution in [1.29, 1.82) is 0 Å². The summed E-state index contributed by atoms with van der Waals surface area (Å²) in [5, 5.41) is 0. The molecular formula is C5H12FO3P. The van der Waals surface area contributed by atoms with E-state index >= 15 is 0 Å². The molecule has 1 unspecified atom stereocenters. The van der Waals surface area contributed by atoms with Crippen LogP contribution in [0.25, 0.3) is 0 Å². The van der Waals surface area contributed by atoms with Crippen molar-refractivity contribution in [1.82, 2.24) is 0 Å². The fourth-order valence-corrected chi connectivity index (χ4v) is 0.883. The summed E-state index contributed by atoms with van der Waals surface area (Å²) in [7, 11) is -4.71. The van der Waals surface area contributed by atoms with Crippen LogP contribution in [0, 0.1) is 0 Å². The Balaban J connectivity index is 3.13. The van der Waals surface area contributed by atoms with Gasteiger partial charge in [-0.25, -0.2) is 4.57 Å². The van der Waals surface area contributed by atoms with Gasteiger partial charge in [0.1, 0.15) is 0 Å². The molecule has 0 aliphatic heterocycles. The Hall–Kier alpha value is 0.0800. The van der Waals surface area contributed by atoms with Crippen LogP contribution in [0.1, 0.15) is 26.2 Å². The zero-order valence-electron chi connectivity index (χ0n) is 5.92. The van der Waals surface area contributed by atoms with Crippen molar-refractivity contribution < 1.29 is 18.2 Å². The molecule has 62 valence electrons. The van der Waals surface area contributed by atoms with E-state index in [0.29, 0.717) is 6.42 Å². The Bertz CT molecular complexity index is 122. The summed E-state index contributed by atoms with van der Waals surface area (Å²) in [6, 6.07) is 0. The standard InChI is InChI=1S/C5H12FO3P/c1-2-3-4-5-9-10(6,7)8/h2-5H2,1H3,(H,7,8). The quantitative estimate of drug-likeness (QED) is 0.508. The van der Waals surface area contributed by atoms with Gasteiger partial charge in [-0.2, -0.15) is 0 Å². The lowest BCUT2D eigenvalue weighted by Gasteiger charge is -2.00. The fraction of sp³-hybridized carbons (Fsp3) is 1.00. The van der Waals surface area contributed by atoms with Gasteiger partial charge in [-0.3, -0.25) is 9.42 Å². The summed E-state index contributed by atoms with van der Waals surface area (Å²) >= 11 is 0. The smallest absolute Gasteiger partial charge is 0.299 e. The third kappa shape index (κ3) is 8.08. The van der Waals surface area contributed by atoms with Crippen LogP contribution >= 0.6 is 7.91 Å². The first-order valence-electron chi connectivity index (χ1n) is 3.23. The van der Waals surface area contributed by atoms with Gasteiger partial charge in [-0.1, -0.05) is 19.8 Å². The third-order valence-electron chi connectivity index (χ3n) is 0.998. The molecule has 0 bridgehead atoms. The largest absolute Gasteiger partial charge is 0.510 e. The molecule has 0 aromatic carbocycles. The maximum absolute atomic E-state index is 11.7. The van der Waals surface area contributed by atoms with E-state index in [0.717, 1.165) is 12.8 Å². The second-order valence-electron chi connectivity index (χ2n) is 1.99. The van der Waals surface area contributed by atoms with E-state index in [1.807, 2.05) is 6.92 Å². The summed E-state index contributed by atoms with van der Waals surface area (Å²) in [5.74, 6) is 0. The van der Waals surface area contributed by atoms with E-state index < -0.39 is 7.91 Å². The first-order valence-corrected chi connectivity index (χ1v) is 4.70. The molecule has 0 spiro atoms. The first-order chi connectivity index (χ1) is 4.56. The summed E-state index contributed by atoms with van der Waals surface area (Å²) in [6.07, 6.45) is 2.50. The van der Waals surface area contributed by atoms with Crippen molar-refractivity contribution in [2.45, 2.75) is 26.2 Å². The molecule has 5 heteroatoms. The molecule has 0 radical (unpaired) electrons. The molecule has 0 rings (SSSR count). The van der Waals surface area contributed by atoms with Crippen LogP contribution in [0.2, 0.25) is 0 Å². The van der Waals surface area contributed by atoms with Crippen LogP contribution in [-0.4, -0.2) is 11.5 Å². The van der Waals surface area contributed by atoms with E-state index in [1.165, 1.54) is 0 Å². The molecule has 0 heterocycles. The first kappa shape index (κ1) is 10.1. The minimum absolute atomic E-state index is 0.0259. The van der Waals surface area contributed by atoms with Crippen molar-refractivity contribution in [3.63, 3.8) is 0 Å². The average Bonchev–Trinajstić information content (AvgIpc) is 1.78. The van der Waals surface area contributed by atoms with Crippen molar-refractivity contribution in [3.05, 3.63) is 0 Å². The summed E-state index contributed by atoms with van der Waals surface area (Å²) < 4.78 is 25.5. The van der Waals surface area contributed by atoms with Gasteiger partial charge in [0, 0.05) is 0 Å². The second-order valence-corrected chi connectivity index (χ2v) is 3.15. The maximum Gasteiger partial charge on any atom is 0.510 e. The molecule has 0 fully saturated rings. The van der Waals surface area contributed by atoms with Crippen LogP contribution in [0.3, 0.4) is 0 Å². The summed E-state index contributed by atoms with van der Waals surface area (Å²) in [6.45, 7) is 2.01. The van der Waals surface area contributed by atoms with E-state index in [1.54, 1.807) is 0 Å². The SMILES string of the molecule is CCCCCOP(=O)(O)F. The topological polar surface area (TPSA) is 46.5 Å². The number of hydrogen-bond acceptors (Lipinski definition) is 2. The number of hydrogen-bond donors (Lipinski definition) is 1. The highest BCUT2D eigenvalue weighted by molar-refractivity contribution is 7.46. The Morgan fingerprint density at radius 1 is 1.60 bits per heavy atom. The van der Waals surface area contributed by atoms with Crippen LogP contribution in [0.4, 0.5) is 4.20 Å². The van der Waals surface area contributed by atoms with Gasteiger partial charge in [0.15, 0.2) is 0 Å². The van der Waals surface area contributed by atoms with Crippen LogP contribution in [0.5, 0.6) is 0 Å². The van der Waals surface area contributed by atoms with Gasteiger partial charge in [-0.15, -0.1) is 4.20 Å². The lowest BCUT2D eigenvalue weighted by Crippen LogP contribution is -1.88. The lowest BCUT2D eigenvalue weighted by molar-refractivity contribution is 0.222. The van der Waals surface area contributed by atoms with Crippen LogP contribution in [0.15, 0.2) is 0 Å². The summed E-state index contributed by atoms with van der Waals surface area (Å²) in [4.78, 5) is 7.98.